The van der Waals surface area contributed by atoms with Gasteiger partial charge in [-0.15, -0.1) is 0 Å². The van der Waals surface area contributed by atoms with Crippen LogP contribution in [-0.2, 0) is 16.1 Å². The molecule has 0 N–H and O–H groups in total. The number of guanidine groups is 1. The first-order valence-corrected chi connectivity index (χ1v) is 8.59. The first kappa shape index (κ1) is 18.1. The van der Waals surface area contributed by atoms with E-state index in [2.05, 4.69) is 5.10 Å². The van der Waals surface area contributed by atoms with E-state index >= 15 is 0 Å². The zero-order valence-corrected chi connectivity index (χ0v) is 14.7. The third kappa shape index (κ3) is 4.29. The van der Waals surface area contributed by atoms with Crippen molar-refractivity contribution in [1.29, 1.82) is 0 Å². The average molecular weight is 362 g/mol. The van der Waals surface area contributed by atoms with Gasteiger partial charge in [-0.25, -0.2) is 19.8 Å². The van der Waals surface area contributed by atoms with Crippen molar-refractivity contribution in [2.45, 2.75) is 20.0 Å². The van der Waals surface area contributed by atoms with E-state index in [0.29, 0.717) is 32.8 Å². The molecule has 2 saturated heterocycles. The summed E-state index contributed by atoms with van der Waals surface area (Å²) >= 11 is 0. The largest absolute Gasteiger partial charge is 0.444 e. The van der Waals surface area contributed by atoms with Crippen molar-refractivity contribution in [1.82, 2.24) is 9.80 Å². The van der Waals surface area contributed by atoms with E-state index in [1.54, 1.807) is 4.90 Å². The monoisotopic (exact) mass is 362 g/mol. The Kier molecular flexibility index (Phi) is 5.67. The second-order valence-electron chi connectivity index (χ2n) is 6.45. The van der Waals surface area contributed by atoms with Gasteiger partial charge in [-0.2, -0.15) is 0 Å². The standard InChI is InChI=1S/C17H22N4O5/c1-13-4-2-3-5-15(13)12-26-17(22)20-8-7-19(16(20)18-21(23)24)10-14-6-9-25-11-14/h2-5,14H,6-12H2,1H3. The molecule has 2 heterocycles. The number of hydrazone groups is 1. The fourth-order valence-electron chi connectivity index (χ4n) is 3.16. The molecular weight excluding hydrogens is 340 g/mol. The van der Waals surface area contributed by atoms with Gasteiger partial charge in [-0.05, 0) is 24.5 Å². The minimum Gasteiger partial charge on any atom is -0.444 e. The topological polar surface area (TPSA) is 97.5 Å². The maximum Gasteiger partial charge on any atom is 0.417 e. The van der Waals surface area contributed by atoms with Crippen LogP contribution in [0, 0.1) is 23.0 Å². The Bertz CT molecular complexity index is 702. The highest BCUT2D eigenvalue weighted by molar-refractivity contribution is 5.95. The molecule has 0 radical (unpaired) electrons. The Morgan fingerprint density at radius 2 is 2.23 bits per heavy atom. The summed E-state index contributed by atoms with van der Waals surface area (Å²) < 4.78 is 10.7. The number of nitrogens with zero attached hydrogens (tertiary/aromatic N) is 4. The van der Waals surface area contributed by atoms with Crippen molar-refractivity contribution < 1.29 is 19.3 Å². The molecule has 2 fully saturated rings. The highest BCUT2D eigenvalue weighted by Crippen LogP contribution is 2.19. The van der Waals surface area contributed by atoms with E-state index in [9.17, 15) is 14.9 Å². The van der Waals surface area contributed by atoms with Gasteiger partial charge < -0.3 is 14.4 Å². The van der Waals surface area contributed by atoms with Gasteiger partial charge in [0.15, 0.2) is 5.03 Å². The van der Waals surface area contributed by atoms with Crippen LogP contribution in [0.3, 0.4) is 0 Å². The molecule has 1 aromatic carbocycles. The second-order valence-corrected chi connectivity index (χ2v) is 6.45. The van der Waals surface area contributed by atoms with E-state index < -0.39 is 11.1 Å². The molecule has 0 spiro atoms. The number of nitro groups is 1. The molecule has 0 aromatic heterocycles. The first-order chi connectivity index (χ1) is 12.5. The molecule has 3 rings (SSSR count). The minimum atomic E-state index is -0.777. The van der Waals surface area contributed by atoms with Crippen molar-refractivity contribution in [3.63, 3.8) is 0 Å². The zero-order valence-electron chi connectivity index (χ0n) is 14.7. The number of rotatable bonds is 5. The highest BCUT2D eigenvalue weighted by Gasteiger charge is 2.36. The Hall–Kier alpha value is -2.68. The van der Waals surface area contributed by atoms with Crippen LogP contribution in [0.5, 0.6) is 0 Å². The highest BCUT2D eigenvalue weighted by atomic mass is 16.7. The zero-order chi connectivity index (χ0) is 18.5. The Morgan fingerprint density at radius 1 is 1.42 bits per heavy atom. The minimum absolute atomic E-state index is 0.0386. The van der Waals surface area contributed by atoms with Crippen molar-refractivity contribution in [3.8, 4) is 0 Å². The molecule has 9 heteroatoms. The molecule has 9 nitrogen and oxygen atoms in total. The van der Waals surface area contributed by atoms with E-state index in [0.717, 1.165) is 17.5 Å². The van der Waals surface area contributed by atoms with Gasteiger partial charge in [-0.3, -0.25) is 0 Å². The van der Waals surface area contributed by atoms with Crippen LogP contribution in [0.25, 0.3) is 0 Å². The molecule has 0 aliphatic carbocycles. The molecule has 1 amide bonds. The van der Waals surface area contributed by atoms with Crippen LogP contribution in [0.2, 0.25) is 0 Å². The van der Waals surface area contributed by atoms with Gasteiger partial charge in [0.1, 0.15) is 11.7 Å². The van der Waals surface area contributed by atoms with Crippen molar-refractivity contribution in [2.24, 2.45) is 11.0 Å². The third-order valence-electron chi connectivity index (χ3n) is 4.62. The fraction of sp³-hybridized carbons (Fsp3) is 0.529. The molecule has 1 aromatic rings. The molecule has 0 bridgehead atoms. The normalized spacial score (nSPS) is 21.4. The van der Waals surface area contributed by atoms with E-state index in [1.807, 2.05) is 31.2 Å². The van der Waals surface area contributed by atoms with Crippen molar-refractivity contribution in [3.05, 3.63) is 45.5 Å². The lowest BCUT2D eigenvalue weighted by atomic mass is 10.1. The molecule has 2 aliphatic heterocycles. The lowest BCUT2D eigenvalue weighted by Crippen LogP contribution is -2.40. The lowest BCUT2D eigenvalue weighted by molar-refractivity contribution is -0.486. The average Bonchev–Trinajstić information content (AvgIpc) is 3.25. The second kappa shape index (κ2) is 8.13. The summed E-state index contributed by atoms with van der Waals surface area (Å²) in [5.41, 5.74) is 1.91. The van der Waals surface area contributed by atoms with Gasteiger partial charge in [0.05, 0.1) is 13.2 Å². The maximum absolute atomic E-state index is 12.5. The SMILES string of the molecule is Cc1ccccc1COC(=O)N1CCN(CC2CCOC2)C1=N[N+](=O)[O-]. The molecule has 1 unspecified atom stereocenters. The van der Waals surface area contributed by atoms with Crippen molar-refractivity contribution >= 4 is 12.1 Å². The molecule has 26 heavy (non-hydrogen) atoms. The number of amides is 1. The van der Waals surface area contributed by atoms with E-state index in [4.69, 9.17) is 9.47 Å². The number of carbonyl (C=O) groups is 1. The number of aryl methyl sites for hydroxylation is 1. The maximum atomic E-state index is 12.5. The van der Waals surface area contributed by atoms with Gasteiger partial charge in [0.2, 0.25) is 0 Å². The van der Waals surface area contributed by atoms with Gasteiger partial charge >= 0.3 is 6.09 Å². The predicted molar refractivity (Wildman–Crippen MR) is 93.0 cm³/mol. The summed E-state index contributed by atoms with van der Waals surface area (Å²) in [4.78, 5) is 26.4. The summed E-state index contributed by atoms with van der Waals surface area (Å²) in [6, 6.07) is 7.60. The molecule has 2 aliphatic rings. The summed E-state index contributed by atoms with van der Waals surface area (Å²) in [5.74, 6) is 0.326. The summed E-state index contributed by atoms with van der Waals surface area (Å²) in [6.07, 6.45) is 0.277. The Morgan fingerprint density at radius 3 is 2.92 bits per heavy atom. The molecule has 0 saturated carbocycles. The van der Waals surface area contributed by atoms with E-state index in [-0.39, 0.29) is 18.5 Å². The molecule has 1 atom stereocenters. The van der Waals surface area contributed by atoms with Crippen LogP contribution < -0.4 is 0 Å². The van der Waals surface area contributed by atoms with Crippen LogP contribution in [0.1, 0.15) is 17.5 Å². The quantitative estimate of drug-likeness (QED) is 0.585. The van der Waals surface area contributed by atoms with Crippen molar-refractivity contribution in [2.75, 3.05) is 32.8 Å². The molecular formula is C17H22N4O5. The van der Waals surface area contributed by atoms with Crippen LogP contribution >= 0.6 is 0 Å². The lowest BCUT2D eigenvalue weighted by Gasteiger charge is -2.21. The molecule has 140 valence electrons. The fourth-order valence-corrected chi connectivity index (χ4v) is 3.16. The van der Waals surface area contributed by atoms with Crippen LogP contribution in [0.4, 0.5) is 4.79 Å². The summed E-state index contributed by atoms with van der Waals surface area (Å²) in [7, 11) is 0. The first-order valence-electron chi connectivity index (χ1n) is 8.59. The number of carbonyl (C=O) groups excluding carboxylic acids is 1. The number of ether oxygens (including phenoxy) is 2. The predicted octanol–water partition coefficient (Wildman–Crippen LogP) is 1.83. The smallest absolute Gasteiger partial charge is 0.417 e. The summed E-state index contributed by atoms with van der Waals surface area (Å²) in [6.45, 7) is 4.75. The van der Waals surface area contributed by atoms with Gasteiger partial charge in [-0.1, -0.05) is 24.3 Å². The number of hydrogen-bond acceptors (Lipinski definition) is 5. The number of benzene rings is 1. The Balaban J connectivity index is 1.66. The van der Waals surface area contributed by atoms with Gasteiger partial charge in [0, 0.05) is 25.6 Å². The summed E-state index contributed by atoms with van der Waals surface area (Å²) in [5, 5.41) is 13.6. The number of hydrogen-bond donors (Lipinski definition) is 0. The Labute approximate surface area is 151 Å². The van der Waals surface area contributed by atoms with Crippen LogP contribution in [0.15, 0.2) is 29.4 Å². The third-order valence-corrected chi connectivity index (χ3v) is 4.62. The van der Waals surface area contributed by atoms with E-state index in [1.165, 1.54) is 4.90 Å². The van der Waals surface area contributed by atoms with Crippen LogP contribution in [-0.4, -0.2) is 59.7 Å². The van der Waals surface area contributed by atoms with Gasteiger partial charge in [0.25, 0.3) is 5.96 Å².